The normalized spacial score (nSPS) is 13.7. The van der Waals surface area contributed by atoms with Crippen LogP contribution in [-0.4, -0.2) is 12.8 Å². The fourth-order valence-electron chi connectivity index (χ4n) is 3.72. The largest absolute Gasteiger partial charge is 0.493 e. The van der Waals surface area contributed by atoms with Crippen molar-refractivity contribution in [2.75, 3.05) is 6.61 Å². The number of halogens is 3. The third-order valence-corrected chi connectivity index (χ3v) is 5.95. The van der Waals surface area contributed by atoms with Gasteiger partial charge in [0.15, 0.2) is 0 Å². The molecular formula is C31H39F3O. The second-order valence-corrected chi connectivity index (χ2v) is 9.23. The van der Waals surface area contributed by atoms with Gasteiger partial charge in [-0.3, -0.25) is 0 Å². The highest BCUT2D eigenvalue weighted by Gasteiger charge is 2.63. The number of ether oxygens (including phenoxy) is 1. The maximum atomic E-state index is 12.7. The van der Waals surface area contributed by atoms with E-state index in [9.17, 15) is 13.2 Å². The van der Waals surface area contributed by atoms with Crippen LogP contribution in [0.25, 0.3) is 11.1 Å². The summed E-state index contributed by atoms with van der Waals surface area (Å²) in [7, 11) is 0. The van der Waals surface area contributed by atoms with Crippen molar-refractivity contribution in [1.82, 2.24) is 0 Å². The van der Waals surface area contributed by atoms with Gasteiger partial charge in [0.1, 0.15) is 17.8 Å². The van der Waals surface area contributed by atoms with Crippen LogP contribution in [0.4, 0.5) is 13.2 Å². The number of alkyl halides is 3. The summed E-state index contributed by atoms with van der Waals surface area (Å²) < 4.78 is 43.3. The zero-order valence-electron chi connectivity index (χ0n) is 21.7. The molecule has 0 heterocycles. The van der Waals surface area contributed by atoms with Crippen molar-refractivity contribution >= 4 is 0 Å². The van der Waals surface area contributed by atoms with Crippen LogP contribution < -0.4 is 4.74 Å². The van der Waals surface area contributed by atoms with Crippen molar-refractivity contribution in [2.45, 2.75) is 66.5 Å². The predicted octanol–water partition coefficient (Wildman–Crippen LogP) is 9.55. The molecule has 190 valence electrons. The third-order valence-electron chi connectivity index (χ3n) is 5.95. The van der Waals surface area contributed by atoms with E-state index >= 15 is 0 Å². The molecule has 35 heavy (non-hydrogen) atoms. The molecule has 1 aliphatic carbocycles. The molecule has 3 aromatic carbocycles. The zero-order valence-corrected chi connectivity index (χ0v) is 21.7. The van der Waals surface area contributed by atoms with Crippen LogP contribution in [0.2, 0.25) is 0 Å². The van der Waals surface area contributed by atoms with Crippen LogP contribution in [-0.2, 0) is 12.8 Å². The summed E-state index contributed by atoms with van der Waals surface area (Å²) in [5, 5.41) is 0. The van der Waals surface area contributed by atoms with E-state index in [2.05, 4.69) is 68.4 Å². The number of hydrogen-bond acceptors (Lipinski definition) is 1. The van der Waals surface area contributed by atoms with Crippen molar-refractivity contribution in [3.63, 3.8) is 0 Å². The van der Waals surface area contributed by atoms with Gasteiger partial charge in [-0.2, -0.15) is 13.2 Å². The molecule has 4 rings (SSSR count). The van der Waals surface area contributed by atoms with E-state index in [1.165, 1.54) is 16.7 Å². The monoisotopic (exact) mass is 484 g/mol. The molecule has 0 amide bonds. The van der Waals surface area contributed by atoms with Crippen molar-refractivity contribution in [3.8, 4) is 16.9 Å². The van der Waals surface area contributed by atoms with Gasteiger partial charge < -0.3 is 4.74 Å². The molecule has 0 saturated heterocycles. The molecule has 1 saturated carbocycles. The standard InChI is InChI=1S/C16H18.C13H15F3O.C2H6/c1-13(2)11-14-7-6-10-16(12-14)15-8-4-3-5-9-15;1-2-10-4-3-5-11(8-10)17-9-12(6-7-12)13(14,15)16;1-2/h3-10,12-13H,11H2,1-2H3;3-5,8H,2,6-7,9H2,1H3;1-2H3. The molecule has 0 spiro atoms. The summed E-state index contributed by atoms with van der Waals surface area (Å²) in [6.45, 7) is 10.3. The van der Waals surface area contributed by atoms with E-state index in [1.54, 1.807) is 18.2 Å². The van der Waals surface area contributed by atoms with Crippen LogP contribution in [0.15, 0.2) is 78.9 Å². The summed E-state index contributed by atoms with van der Waals surface area (Å²) >= 11 is 0. The topological polar surface area (TPSA) is 9.23 Å². The first-order valence-electron chi connectivity index (χ1n) is 12.7. The van der Waals surface area contributed by atoms with E-state index in [1.807, 2.05) is 26.8 Å². The molecule has 0 aliphatic heterocycles. The average molecular weight is 485 g/mol. The molecule has 1 nitrogen and oxygen atoms in total. The van der Waals surface area contributed by atoms with Gasteiger partial charge in [0, 0.05) is 0 Å². The lowest BCUT2D eigenvalue weighted by Gasteiger charge is -2.19. The Bertz CT molecular complexity index is 1000. The van der Waals surface area contributed by atoms with Crippen molar-refractivity contribution in [3.05, 3.63) is 90.0 Å². The van der Waals surface area contributed by atoms with Crippen LogP contribution >= 0.6 is 0 Å². The second kappa shape index (κ2) is 13.4. The number of aryl methyl sites for hydroxylation is 1. The van der Waals surface area contributed by atoms with E-state index in [4.69, 9.17) is 4.74 Å². The van der Waals surface area contributed by atoms with Crippen molar-refractivity contribution in [1.29, 1.82) is 0 Å². The quantitative estimate of drug-likeness (QED) is 0.324. The predicted molar refractivity (Wildman–Crippen MR) is 141 cm³/mol. The van der Waals surface area contributed by atoms with Gasteiger partial charge in [-0.15, -0.1) is 0 Å². The first-order chi connectivity index (χ1) is 16.7. The Morgan fingerprint density at radius 3 is 1.97 bits per heavy atom. The molecule has 1 aliphatic rings. The lowest BCUT2D eigenvalue weighted by atomic mass is 9.98. The van der Waals surface area contributed by atoms with Gasteiger partial charge in [-0.05, 0) is 66.0 Å². The molecule has 4 heteroatoms. The second-order valence-electron chi connectivity index (χ2n) is 9.23. The minimum Gasteiger partial charge on any atom is -0.493 e. The Kier molecular flexibility index (Phi) is 10.9. The summed E-state index contributed by atoms with van der Waals surface area (Å²) in [5.41, 5.74) is 3.53. The number of rotatable bonds is 7. The third kappa shape index (κ3) is 8.76. The number of benzene rings is 3. The van der Waals surface area contributed by atoms with Crippen LogP contribution in [0.5, 0.6) is 5.75 Å². The highest BCUT2D eigenvalue weighted by molar-refractivity contribution is 5.63. The van der Waals surface area contributed by atoms with E-state index in [0.717, 1.165) is 18.4 Å². The molecular weight excluding hydrogens is 445 g/mol. The van der Waals surface area contributed by atoms with Gasteiger partial charge in [0.25, 0.3) is 0 Å². The summed E-state index contributed by atoms with van der Waals surface area (Å²) in [4.78, 5) is 0. The average Bonchev–Trinajstić information content (AvgIpc) is 3.67. The molecule has 0 radical (unpaired) electrons. The fourth-order valence-corrected chi connectivity index (χ4v) is 3.72. The molecule has 0 N–H and O–H groups in total. The van der Waals surface area contributed by atoms with Crippen molar-refractivity contribution < 1.29 is 17.9 Å². The van der Waals surface area contributed by atoms with Crippen LogP contribution in [0.3, 0.4) is 0 Å². The Balaban J connectivity index is 0.000000231. The smallest absolute Gasteiger partial charge is 0.397 e. The minimum atomic E-state index is -4.14. The number of hydrogen-bond donors (Lipinski definition) is 0. The van der Waals surface area contributed by atoms with E-state index in [0.29, 0.717) is 11.7 Å². The van der Waals surface area contributed by atoms with Gasteiger partial charge >= 0.3 is 6.18 Å². The van der Waals surface area contributed by atoms with Gasteiger partial charge in [0.2, 0.25) is 0 Å². The lowest BCUT2D eigenvalue weighted by molar-refractivity contribution is -0.194. The highest BCUT2D eigenvalue weighted by atomic mass is 19.4. The first-order valence-corrected chi connectivity index (χ1v) is 12.7. The SMILES string of the molecule is CC.CC(C)Cc1cccc(-c2ccccc2)c1.CCc1cccc(OCC2(C(F)(F)F)CC2)c1. The highest BCUT2D eigenvalue weighted by Crippen LogP contribution is 2.57. The van der Waals surface area contributed by atoms with Gasteiger partial charge in [0.05, 0.1) is 0 Å². The Morgan fingerprint density at radius 1 is 0.800 bits per heavy atom. The van der Waals surface area contributed by atoms with E-state index in [-0.39, 0.29) is 19.4 Å². The van der Waals surface area contributed by atoms with E-state index < -0.39 is 11.6 Å². The molecule has 0 bridgehead atoms. The van der Waals surface area contributed by atoms with Crippen LogP contribution in [0.1, 0.15) is 58.6 Å². The fraction of sp³-hybridized carbons (Fsp3) is 0.419. The molecule has 0 aromatic heterocycles. The zero-order chi connectivity index (χ0) is 25.9. The summed E-state index contributed by atoms with van der Waals surface area (Å²) in [6, 6.07) is 26.6. The maximum absolute atomic E-state index is 12.7. The lowest BCUT2D eigenvalue weighted by Crippen LogP contribution is -2.30. The minimum absolute atomic E-state index is 0.184. The summed E-state index contributed by atoms with van der Waals surface area (Å²) in [6.07, 6.45) is -1.77. The van der Waals surface area contributed by atoms with Crippen LogP contribution in [0, 0.1) is 11.3 Å². The molecule has 3 aromatic rings. The molecule has 1 fully saturated rings. The van der Waals surface area contributed by atoms with Gasteiger partial charge in [-0.25, -0.2) is 0 Å². The Morgan fingerprint density at radius 2 is 1.40 bits per heavy atom. The molecule has 0 unspecified atom stereocenters. The van der Waals surface area contributed by atoms with Crippen molar-refractivity contribution in [2.24, 2.45) is 11.3 Å². The Hall–Kier alpha value is -2.75. The molecule has 0 atom stereocenters. The summed E-state index contributed by atoms with van der Waals surface area (Å²) in [5.74, 6) is 1.24. The maximum Gasteiger partial charge on any atom is 0.397 e. The van der Waals surface area contributed by atoms with Gasteiger partial charge in [-0.1, -0.05) is 101 Å². The Labute approximate surface area is 209 Å². The first kappa shape index (κ1) is 28.5.